The third-order valence-electron chi connectivity index (χ3n) is 2.93. The van der Waals surface area contributed by atoms with Crippen LogP contribution in [0.5, 0.6) is 0 Å². The van der Waals surface area contributed by atoms with E-state index in [-0.39, 0.29) is 6.61 Å². The SMILES string of the molecule is CC.Cc1ccccc1Cc1ccccc1CO. The van der Waals surface area contributed by atoms with Gasteiger partial charge in [-0.25, -0.2) is 0 Å². The van der Waals surface area contributed by atoms with Crippen LogP contribution in [0.25, 0.3) is 0 Å². The van der Waals surface area contributed by atoms with Crippen LogP contribution < -0.4 is 0 Å². The van der Waals surface area contributed by atoms with Gasteiger partial charge in [0, 0.05) is 0 Å². The van der Waals surface area contributed by atoms with Crippen molar-refractivity contribution in [1.82, 2.24) is 0 Å². The molecule has 1 heteroatoms. The molecule has 0 atom stereocenters. The van der Waals surface area contributed by atoms with Crippen molar-refractivity contribution >= 4 is 0 Å². The monoisotopic (exact) mass is 242 g/mol. The van der Waals surface area contributed by atoms with Gasteiger partial charge in [0.05, 0.1) is 6.61 Å². The lowest BCUT2D eigenvalue weighted by Gasteiger charge is -2.09. The quantitative estimate of drug-likeness (QED) is 0.859. The first kappa shape index (κ1) is 14.5. The molecule has 0 heterocycles. The van der Waals surface area contributed by atoms with Gasteiger partial charge in [0.25, 0.3) is 0 Å². The molecule has 2 aromatic rings. The Hall–Kier alpha value is -1.60. The molecule has 2 aromatic carbocycles. The van der Waals surface area contributed by atoms with Gasteiger partial charge in [-0.1, -0.05) is 62.4 Å². The summed E-state index contributed by atoms with van der Waals surface area (Å²) in [6.07, 6.45) is 0.892. The van der Waals surface area contributed by atoms with Crippen molar-refractivity contribution in [2.75, 3.05) is 0 Å². The minimum Gasteiger partial charge on any atom is -0.392 e. The highest BCUT2D eigenvalue weighted by Gasteiger charge is 2.03. The molecule has 0 fully saturated rings. The Bertz CT molecular complexity index is 475. The van der Waals surface area contributed by atoms with E-state index in [0.29, 0.717) is 0 Å². The number of rotatable bonds is 3. The number of hydrogen-bond acceptors (Lipinski definition) is 1. The summed E-state index contributed by atoms with van der Waals surface area (Å²) in [5.41, 5.74) is 4.85. The number of aliphatic hydroxyl groups is 1. The Labute approximate surface area is 110 Å². The van der Waals surface area contributed by atoms with E-state index < -0.39 is 0 Å². The van der Waals surface area contributed by atoms with Gasteiger partial charge >= 0.3 is 0 Å². The average Bonchev–Trinajstić information content (AvgIpc) is 2.44. The fraction of sp³-hybridized carbons (Fsp3) is 0.294. The topological polar surface area (TPSA) is 20.2 Å². The Morgan fingerprint density at radius 2 is 1.28 bits per heavy atom. The Morgan fingerprint density at radius 1 is 0.778 bits per heavy atom. The van der Waals surface area contributed by atoms with Crippen molar-refractivity contribution in [3.8, 4) is 0 Å². The summed E-state index contributed by atoms with van der Waals surface area (Å²) in [5.74, 6) is 0. The van der Waals surface area contributed by atoms with Crippen LogP contribution in [0.4, 0.5) is 0 Å². The van der Waals surface area contributed by atoms with Crippen molar-refractivity contribution in [2.24, 2.45) is 0 Å². The Kier molecular flexibility index (Phi) is 6.16. The Morgan fingerprint density at radius 3 is 1.83 bits per heavy atom. The van der Waals surface area contributed by atoms with Gasteiger partial charge < -0.3 is 5.11 Å². The van der Waals surface area contributed by atoms with E-state index in [1.54, 1.807) is 0 Å². The molecule has 0 aliphatic heterocycles. The zero-order chi connectivity index (χ0) is 13.4. The van der Waals surface area contributed by atoms with Crippen molar-refractivity contribution in [3.05, 3.63) is 70.8 Å². The summed E-state index contributed by atoms with van der Waals surface area (Å²) < 4.78 is 0. The van der Waals surface area contributed by atoms with Crippen molar-refractivity contribution in [3.63, 3.8) is 0 Å². The summed E-state index contributed by atoms with van der Waals surface area (Å²) >= 11 is 0. The predicted octanol–water partition coefficient (Wildman–Crippen LogP) is 4.10. The first-order valence-corrected chi connectivity index (χ1v) is 6.53. The second kappa shape index (κ2) is 7.67. The predicted molar refractivity (Wildman–Crippen MR) is 77.7 cm³/mol. The molecule has 0 aliphatic rings. The molecule has 1 N–H and O–H groups in total. The molecular formula is C17H22O. The summed E-state index contributed by atoms with van der Waals surface area (Å²) in [7, 11) is 0. The number of aliphatic hydroxyl groups excluding tert-OH is 1. The zero-order valence-electron chi connectivity index (χ0n) is 11.5. The van der Waals surface area contributed by atoms with Crippen LogP contribution in [0.3, 0.4) is 0 Å². The molecule has 0 bridgehead atoms. The van der Waals surface area contributed by atoms with Crippen LogP contribution in [-0.4, -0.2) is 5.11 Å². The lowest BCUT2D eigenvalue weighted by Crippen LogP contribution is -1.96. The summed E-state index contributed by atoms with van der Waals surface area (Å²) in [5, 5.41) is 9.27. The standard InChI is InChI=1S/C15H16O.C2H6/c1-12-6-2-3-7-13(12)10-14-8-4-5-9-15(14)11-16;1-2/h2-9,16H,10-11H2,1H3;1-2H3. The first-order valence-electron chi connectivity index (χ1n) is 6.53. The zero-order valence-corrected chi connectivity index (χ0v) is 11.5. The van der Waals surface area contributed by atoms with Crippen molar-refractivity contribution in [2.45, 2.75) is 33.8 Å². The summed E-state index contributed by atoms with van der Waals surface area (Å²) in [4.78, 5) is 0. The number of benzene rings is 2. The number of aryl methyl sites for hydroxylation is 1. The lowest BCUT2D eigenvalue weighted by atomic mass is 9.97. The van der Waals surface area contributed by atoms with Gasteiger partial charge in [-0.15, -0.1) is 0 Å². The maximum atomic E-state index is 9.27. The second-order valence-electron chi connectivity index (χ2n) is 4.03. The van der Waals surface area contributed by atoms with Gasteiger partial charge in [-0.05, 0) is 35.6 Å². The van der Waals surface area contributed by atoms with Crippen molar-refractivity contribution < 1.29 is 5.11 Å². The minimum atomic E-state index is 0.113. The molecule has 0 unspecified atom stereocenters. The average molecular weight is 242 g/mol. The summed E-state index contributed by atoms with van der Waals surface area (Å²) in [6, 6.07) is 16.4. The molecule has 2 rings (SSSR count). The molecular weight excluding hydrogens is 220 g/mol. The van der Waals surface area contributed by atoms with Crippen LogP contribution in [0, 0.1) is 6.92 Å². The van der Waals surface area contributed by atoms with E-state index in [1.807, 2.05) is 32.0 Å². The van der Waals surface area contributed by atoms with E-state index in [4.69, 9.17) is 0 Å². The van der Waals surface area contributed by atoms with Gasteiger partial charge in [0.1, 0.15) is 0 Å². The van der Waals surface area contributed by atoms with Crippen LogP contribution in [-0.2, 0) is 13.0 Å². The molecule has 0 aromatic heterocycles. The molecule has 96 valence electrons. The van der Waals surface area contributed by atoms with Gasteiger partial charge in [0.15, 0.2) is 0 Å². The molecule has 1 nitrogen and oxygen atoms in total. The van der Waals surface area contributed by atoms with Crippen LogP contribution in [0.1, 0.15) is 36.1 Å². The van der Waals surface area contributed by atoms with E-state index in [1.165, 1.54) is 16.7 Å². The molecule has 0 aliphatic carbocycles. The third-order valence-corrected chi connectivity index (χ3v) is 2.93. The van der Waals surface area contributed by atoms with Crippen LogP contribution in [0.15, 0.2) is 48.5 Å². The first-order chi connectivity index (χ1) is 8.81. The minimum absolute atomic E-state index is 0.113. The maximum absolute atomic E-state index is 9.27. The highest BCUT2D eigenvalue weighted by Crippen LogP contribution is 2.16. The van der Waals surface area contributed by atoms with E-state index >= 15 is 0 Å². The number of hydrogen-bond donors (Lipinski definition) is 1. The summed E-state index contributed by atoms with van der Waals surface area (Å²) in [6.45, 7) is 6.24. The highest BCUT2D eigenvalue weighted by atomic mass is 16.3. The largest absolute Gasteiger partial charge is 0.392 e. The Balaban J connectivity index is 0.000000771. The molecule has 18 heavy (non-hydrogen) atoms. The lowest BCUT2D eigenvalue weighted by molar-refractivity contribution is 0.281. The van der Waals surface area contributed by atoms with E-state index in [0.717, 1.165) is 12.0 Å². The second-order valence-corrected chi connectivity index (χ2v) is 4.03. The molecule has 0 radical (unpaired) electrons. The fourth-order valence-electron chi connectivity index (χ4n) is 1.90. The van der Waals surface area contributed by atoms with Gasteiger partial charge in [-0.2, -0.15) is 0 Å². The molecule has 0 saturated heterocycles. The van der Waals surface area contributed by atoms with E-state index in [9.17, 15) is 5.11 Å². The van der Waals surface area contributed by atoms with Gasteiger partial charge in [-0.3, -0.25) is 0 Å². The molecule has 0 spiro atoms. The van der Waals surface area contributed by atoms with Crippen LogP contribution >= 0.6 is 0 Å². The third kappa shape index (κ3) is 3.71. The molecule has 0 saturated carbocycles. The molecule has 0 amide bonds. The smallest absolute Gasteiger partial charge is 0.0684 e. The van der Waals surface area contributed by atoms with Gasteiger partial charge in [0.2, 0.25) is 0 Å². The maximum Gasteiger partial charge on any atom is 0.0684 e. The van der Waals surface area contributed by atoms with Crippen molar-refractivity contribution in [1.29, 1.82) is 0 Å². The normalized spacial score (nSPS) is 9.56. The fourth-order valence-corrected chi connectivity index (χ4v) is 1.90. The van der Waals surface area contributed by atoms with Crippen LogP contribution in [0.2, 0.25) is 0 Å². The highest BCUT2D eigenvalue weighted by molar-refractivity contribution is 5.35. The van der Waals surface area contributed by atoms with E-state index in [2.05, 4.69) is 37.3 Å².